The molecular weight excluding hydrogens is 394 g/mol. The minimum absolute atomic E-state index is 0.401. The number of benzene rings is 2. The number of fused-ring (bicyclic) bond motifs is 1. The van der Waals surface area contributed by atoms with Crippen molar-refractivity contribution in [2.75, 3.05) is 14.2 Å². The number of aliphatic carboxylic acids is 1. The standard InChI is InChI=1S/C25H29NO5/c1-5-10-26-15-20(13-18-7-8-19(25(29)31-4)14-23(18)30-3)21-12-17(6-9-22(21)26)11-16(2)24(27)28/h6-9,12,14-16H,5,10-11,13H2,1-4H3,(H,27,28). The van der Waals surface area contributed by atoms with E-state index in [1.807, 2.05) is 12.1 Å². The SMILES string of the molecule is CCCn1cc(Cc2ccc(C(=O)OC)cc2OC)c2cc(CC(C)C(=O)O)ccc21. The van der Waals surface area contributed by atoms with Gasteiger partial charge in [-0.3, -0.25) is 4.79 Å². The second kappa shape index (κ2) is 9.69. The van der Waals surface area contributed by atoms with Crippen LogP contribution in [0, 0.1) is 5.92 Å². The van der Waals surface area contributed by atoms with Gasteiger partial charge in [-0.1, -0.05) is 26.0 Å². The quantitative estimate of drug-likeness (QED) is 0.505. The Hall–Kier alpha value is -3.28. The average Bonchev–Trinajstić information content (AvgIpc) is 3.10. The Bertz CT molecular complexity index is 1100. The van der Waals surface area contributed by atoms with Crippen molar-refractivity contribution in [1.82, 2.24) is 4.57 Å². The molecule has 1 N–H and O–H groups in total. The Morgan fingerprint density at radius 1 is 1.10 bits per heavy atom. The fourth-order valence-corrected chi connectivity index (χ4v) is 3.89. The van der Waals surface area contributed by atoms with E-state index >= 15 is 0 Å². The molecule has 0 saturated carbocycles. The summed E-state index contributed by atoms with van der Waals surface area (Å²) < 4.78 is 12.6. The fraction of sp³-hybridized carbons (Fsp3) is 0.360. The number of carbonyl (C=O) groups is 2. The predicted molar refractivity (Wildman–Crippen MR) is 120 cm³/mol. The fourth-order valence-electron chi connectivity index (χ4n) is 3.89. The van der Waals surface area contributed by atoms with Crippen LogP contribution in [-0.2, 0) is 28.9 Å². The highest BCUT2D eigenvalue weighted by molar-refractivity contribution is 5.90. The lowest BCUT2D eigenvalue weighted by Gasteiger charge is -2.10. The molecule has 0 fully saturated rings. The summed E-state index contributed by atoms with van der Waals surface area (Å²) in [6, 6.07) is 11.5. The zero-order valence-corrected chi connectivity index (χ0v) is 18.5. The molecule has 0 amide bonds. The Kier molecular flexibility index (Phi) is 7.00. The van der Waals surface area contributed by atoms with Gasteiger partial charge >= 0.3 is 11.9 Å². The molecule has 6 heteroatoms. The van der Waals surface area contributed by atoms with E-state index in [1.54, 1.807) is 26.2 Å². The van der Waals surface area contributed by atoms with Gasteiger partial charge in [0.1, 0.15) is 5.75 Å². The third-order valence-corrected chi connectivity index (χ3v) is 5.55. The third kappa shape index (κ3) is 4.90. The molecule has 3 aromatic rings. The lowest BCUT2D eigenvalue weighted by molar-refractivity contribution is -0.141. The molecule has 31 heavy (non-hydrogen) atoms. The molecular formula is C25H29NO5. The molecule has 3 rings (SSSR count). The van der Waals surface area contributed by atoms with Gasteiger partial charge in [-0.15, -0.1) is 0 Å². The third-order valence-electron chi connectivity index (χ3n) is 5.55. The van der Waals surface area contributed by atoms with Crippen LogP contribution in [0.4, 0.5) is 0 Å². The molecule has 1 unspecified atom stereocenters. The van der Waals surface area contributed by atoms with Crippen molar-refractivity contribution < 1.29 is 24.2 Å². The Labute approximate surface area is 182 Å². The van der Waals surface area contributed by atoms with E-state index < -0.39 is 17.9 Å². The van der Waals surface area contributed by atoms with Crippen LogP contribution in [0.15, 0.2) is 42.6 Å². The number of aromatic nitrogens is 1. The first-order valence-corrected chi connectivity index (χ1v) is 10.5. The smallest absolute Gasteiger partial charge is 0.337 e. The summed E-state index contributed by atoms with van der Waals surface area (Å²) in [5.41, 5.74) is 4.69. The van der Waals surface area contributed by atoms with E-state index in [9.17, 15) is 14.7 Å². The van der Waals surface area contributed by atoms with Gasteiger partial charge in [-0.05, 0) is 53.8 Å². The summed E-state index contributed by atoms with van der Waals surface area (Å²) in [5, 5.41) is 10.4. The number of esters is 1. The first-order valence-electron chi connectivity index (χ1n) is 10.5. The molecule has 0 saturated heterocycles. The van der Waals surface area contributed by atoms with E-state index in [-0.39, 0.29) is 0 Å². The number of hydrogen-bond acceptors (Lipinski definition) is 4. The summed E-state index contributed by atoms with van der Waals surface area (Å²) >= 11 is 0. The van der Waals surface area contributed by atoms with Crippen molar-refractivity contribution in [2.24, 2.45) is 5.92 Å². The van der Waals surface area contributed by atoms with Gasteiger partial charge in [0.25, 0.3) is 0 Å². The normalized spacial score (nSPS) is 12.0. The molecule has 1 aromatic heterocycles. The lowest BCUT2D eigenvalue weighted by Crippen LogP contribution is -2.12. The molecule has 0 spiro atoms. The Morgan fingerprint density at radius 3 is 2.52 bits per heavy atom. The molecule has 0 bridgehead atoms. The molecule has 0 aliphatic rings. The number of nitrogens with zero attached hydrogens (tertiary/aromatic N) is 1. The zero-order valence-electron chi connectivity index (χ0n) is 18.5. The number of ether oxygens (including phenoxy) is 2. The highest BCUT2D eigenvalue weighted by Crippen LogP contribution is 2.30. The number of rotatable bonds is 9. The summed E-state index contributed by atoms with van der Waals surface area (Å²) in [6.45, 7) is 4.77. The maximum Gasteiger partial charge on any atom is 0.337 e. The van der Waals surface area contributed by atoms with Gasteiger partial charge in [0.15, 0.2) is 0 Å². The summed E-state index contributed by atoms with van der Waals surface area (Å²) in [6.07, 6.45) is 4.29. The van der Waals surface area contributed by atoms with E-state index in [2.05, 4.69) is 29.8 Å². The molecule has 0 radical (unpaired) electrons. The molecule has 0 aliphatic heterocycles. The molecule has 164 valence electrons. The largest absolute Gasteiger partial charge is 0.496 e. The summed E-state index contributed by atoms with van der Waals surface area (Å²) in [5.74, 6) is -1.000. The van der Waals surface area contributed by atoms with Crippen LogP contribution in [0.1, 0.15) is 47.3 Å². The van der Waals surface area contributed by atoms with Crippen LogP contribution in [-0.4, -0.2) is 35.8 Å². The van der Waals surface area contributed by atoms with Gasteiger partial charge in [-0.2, -0.15) is 0 Å². The summed E-state index contributed by atoms with van der Waals surface area (Å²) in [4.78, 5) is 23.1. The number of carboxylic acids is 1. The van der Waals surface area contributed by atoms with Crippen molar-refractivity contribution in [3.63, 3.8) is 0 Å². The molecule has 2 aromatic carbocycles. The molecule has 0 aliphatic carbocycles. The van der Waals surface area contributed by atoms with E-state index in [1.165, 1.54) is 7.11 Å². The van der Waals surface area contributed by atoms with Crippen LogP contribution in [0.3, 0.4) is 0 Å². The van der Waals surface area contributed by atoms with Crippen LogP contribution in [0.2, 0.25) is 0 Å². The van der Waals surface area contributed by atoms with Crippen molar-refractivity contribution in [3.8, 4) is 5.75 Å². The number of carboxylic acid groups (broad SMARTS) is 1. The number of hydrogen-bond donors (Lipinski definition) is 1. The summed E-state index contributed by atoms with van der Waals surface area (Å²) in [7, 11) is 2.94. The lowest BCUT2D eigenvalue weighted by atomic mass is 9.97. The second-order valence-electron chi connectivity index (χ2n) is 7.84. The van der Waals surface area contributed by atoms with Gasteiger partial charge in [0.2, 0.25) is 0 Å². The van der Waals surface area contributed by atoms with Crippen LogP contribution in [0.5, 0.6) is 5.75 Å². The van der Waals surface area contributed by atoms with Crippen molar-refractivity contribution in [3.05, 3.63) is 64.8 Å². The van der Waals surface area contributed by atoms with Gasteiger partial charge in [0, 0.05) is 30.1 Å². The topological polar surface area (TPSA) is 77.8 Å². The van der Waals surface area contributed by atoms with Crippen LogP contribution < -0.4 is 4.74 Å². The van der Waals surface area contributed by atoms with E-state index in [0.29, 0.717) is 24.2 Å². The Morgan fingerprint density at radius 2 is 1.87 bits per heavy atom. The zero-order chi connectivity index (χ0) is 22.5. The van der Waals surface area contributed by atoms with Gasteiger partial charge in [0.05, 0.1) is 25.7 Å². The van der Waals surface area contributed by atoms with Crippen LogP contribution >= 0.6 is 0 Å². The van der Waals surface area contributed by atoms with Crippen molar-refractivity contribution in [2.45, 2.75) is 39.7 Å². The number of aryl methyl sites for hydroxylation is 1. The van der Waals surface area contributed by atoms with Gasteiger partial charge in [-0.25, -0.2) is 4.79 Å². The maximum atomic E-state index is 11.9. The molecule has 1 heterocycles. The average molecular weight is 424 g/mol. The first kappa shape index (κ1) is 22.4. The van der Waals surface area contributed by atoms with E-state index in [0.717, 1.165) is 40.6 Å². The monoisotopic (exact) mass is 423 g/mol. The Balaban J connectivity index is 2.02. The molecule has 1 atom stereocenters. The van der Waals surface area contributed by atoms with Crippen LogP contribution in [0.25, 0.3) is 10.9 Å². The molecule has 6 nitrogen and oxygen atoms in total. The van der Waals surface area contributed by atoms with Crippen molar-refractivity contribution in [1.29, 1.82) is 0 Å². The highest BCUT2D eigenvalue weighted by Gasteiger charge is 2.16. The number of methoxy groups -OCH3 is 2. The van der Waals surface area contributed by atoms with Crippen molar-refractivity contribution >= 4 is 22.8 Å². The highest BCUT2D eigenvalue weighted by atomic mass is 16.5. The minimum atomic E-state index is -0.792. The maximum absolute atomic E-state index is 11.9. The van der Waals surface area contributed by atoms with E-state index in [4.69, 9.17) is 9.47 Å². The number of carbonyl (C=O) groups excluding carboxylic acids is 1. The minimum Gasteiger partial charge on any atom is -0.496 e. The van der Waals surface area contributed by atoms with Gasteiger partial charge < -0.3 is 19.1 Å². The predicted octanol–water partition coefficient (Wildman–Crippen LogP) is 4.70. The first-order chi connectivity index (χ1) is 14.9. The second-order valence-corrected chi connectivity index (χ2v) is 7.84.